The van der Waals surface area contributed by atoms with Gasteiger partial charge < -0.3 is 25.8 Å². The first kappa shape index (κ1) is 14.6. The maximum absolute atomic E-state index is 12.0. The molecule has 6 nitrogen and oxygen atoms in total. The number of hydrogen-bond acceptors (Lipinski definition) is 5. The largest absolute Gasteiger partial charge is 0.397 e. The van der Waals surface area contributed by atoms with Gasteiger partial charge in [-0.05, 0) is 32.0 Å². The summed E-state index contributed by atoms with van der Waals surface area (Å²) in [6, 6.07) is 5.16. The number of carbonyl (C=O) groups excluding carboxylic acids is 1. The number of benzene rings is 1. The Balaban J connectivity index is 1.91. The van der Waals surface area contributed by atoms with Crippen LogP contribution in [-0.4, -0.2) is 38.0 Å². The zero-order valence-electron chi connectivity index (χ0n) is 12.0. The van der Waals surface area contributed by atoms with Crippen molar-refractivity contribution >= 4 is 17.3 Å². The molecule has 110 valence electrons. The highest BCUT2D eigenvalue weighted by atomic mass is 16.7. The molecule has 2 rings (SSSR count). The molecule has 1 atom stereocenters. The van der Waals surface area contributed by atoms with Crippen LogP contribution in [0.15, 0.2) is 18.2 Å². The summed E-state index contributed by atoms with van der Waals surface area (Å²) in [7, 11) is 1.78. The molecule has 0 bridgehead atoms. The molecular formula is C14H21N3O3. The normalized spacial score (nSPS) is 20.6. The average Bonchev–Trinajstić information content (AvgIpc) is 2.75. The zero-order valence-corrected chi connectivity index (χ0v) is 12.0. The molecule has 0 spiro atoms. The van der Waals surface area contributed by atoms with E-state index in [-0.39, 0.29) is 12.0 Å². The van der Waals surface area contributed by atoms with Crippen molar-refractivity contribution in [1.82, 2.24) is 5.32 Å². The third-order valence-corrected chi connectivity index (χ3v) is 3.14. The van der Waals surface area contributed by atoms with Crippen molar-refractivity contribution < 1.29 is 14.3 Å². The van der Waals surface area contributed by atoms with E-state index in [0.29, 0.717) is 24.4 Å². The first-order valence-corrected chi connectivity index (χ1v) is 6.58. The van der Waals surface area contributed by atoms with Crippen molar-refractivity contribution in [3.8, 4) is 0 Å². The number of rotatable bonds is 4. The lowest BCUT2D eigenvalue weighted by Gasteiger charge is -2.17. The van der Waals surface area contributed by atoms with E-state index in [1.165, 1.54) is 0 Å². The molecule has 1 amide bonds. The topological polar surface area (TPSA) is 85.6 Å². The van der Waals surface area contributed by atoms with Gasteiger partial charge in [-0.25, -0.2) is 0 Å². The van der Waals surface area contributed by atoms with E-state index in [2.05, 4.69) is 10.6 Å². The molecule has 1 aliphatic heterocycles. The van der Waals surface area contributed by atoms with Crippen molar-refractivity contribution in [3.05, 3.63) is 23.8 Å². The van der Waals surface area contributed by atoms with Crippen LogP contribution in [0.5, 0.6) is 0 Å². The molecule has 1 saturated heterocycles. The summed E-state index contributed by atoms with van der Waals surface area (Å²) in [5.74, 6) is -0.749. The van der Waals surface area contributed by atoms with E-state index in [1.807, 2.05) is 13.8 Å². The summed E-state index contributed by atoms with van der Waals surface area (Å²) in [6.45, 7) is 4.60. The van der Waals surface area contributed by atoms with Crippen LogP contribution in [0.4, 0.5) is 11.4 Å². The lowest BCUT2D eigenvalue weighted by Crippen LogP contribution is -2.34. The smallest absolute Gasteiger partial charge is 0.251 e. The molecule has 0 saturated carbocycles. The van der Waals surface area contributed by atoms with Crippen LogP contribution in [0, 0.1) is 0 Å². The van der Waals surface area contributed by atoms with E-state index in [1.54, 1.807) is 25.2 Å². The van der Waals surface area contributed by atoms with Crippen LogP contribution in [0.3, 0.4) is 0 Å². The minimum atomic E-state index is -0.575. The molecule has 1 aliphatic rings. The summed E-state index contributed by atoms with van der Waals surface area (Å²) in [4.78, 5) is 12.0. The van der Waals surface area contributed by atoms with E-state index >= 15 is 0 Å². The number of amides is 1. The number of anilines is 2. The van der Waals surface area contributed by atoms with Crippen molar-refractivity contribution in [2.24, 2.45) is 0 Å². The Labute approximate surface area is 118 Å². The highest BCUT2D eigenvalue weighted by Gasteiger charge is 2.32. The summed E-state index contributed by atoms with van der Waals surface area (Å²) in [5, 5.41) is 5.78. The summed E-state index contributed by atoms with van der Waals surface area (Å²) >= 11 is 0. The molecule has 0 aliphatic carbocycles. The maximum Gasteiger partial charge on any atom is 0.251 e. The van der Waals surface area contributed by atoms with E-state index < -0.39 is 5.79 Å². The third-order valence-electron chi connectivity index (χ3n) is 3.14. The van der Waals surface area contributed by atoms with Gasteiger partial charge in [0.05, 0.1) is 18.0 Å². The molecule has 20 heavy (non-hydrogen) atoms. The van der Waals surface area contributed by atoms with Gasteiger partial charge in [0.2, 0.25) is 0 Å². The molecule has 0 radical (unpaired) electrons. The fourth-order valence-corrected chi connectivity index (χ4v) is 2.10. The van der Waals surface area contributed by atoms with Crippen LogP contribution in [0.25, 0.3) is 0 Å². The Kier molecular flexibility index (Phi) is 4.15. The Morgan fingerprint density at radius 1 is 1.50 bits per heavy atom. The molecule has 1 heterocycles. The maximum atomic E-state index is 12.0. The highest BCUT2D eigenvalue weighted by molar-refractivity contribution is 5.96. The van der Waals surface area contributed by atoms with Crippen LogP contribution in [0.2, 0.25) is 0 Å². The van der Waals surface area contributed by atoms with Crippen LogP contribution >= 0.6 is 0 Å². The van der Waals surface area contributed by atoms with Gasteiger partial charge in [0.25, 0.3) is 5.91 Å². The zero-order chi connectivity index (χ0) is 14.8. The van der Waals surface area contributed by atoms with Gasteiger partial charge >= 0.3 is 0 Å². The van der Waals surface area contributed by atoms with Crippen molar-refractivity contribution in [1.29, 1.82) is 0 Å². The summed E-state index contributed by atoms with van der Waals surface area (Å²) in [6.07, 6.45) is -0.122. The third kappa shape index (κ3) is 3.40. The highest BCUT2D eigenvalue weighted by Crippen LogP contribution is 2.22. The fraction of sp³-hybridized carbons (Fsp3) is 0.500. The van der Waals surface area contributed by atoms with Gasteiger partial charge in [0, 0.05) is 19.2 Å². The van der Waals surface area contributed by atoms with Crippen LogP contribution in [0.1, 0.15) is 24.2 Å². The van der Waals surface area contributed by atoms with Crippen molar-refractivity contribution in [2.75, 3.05) is 31.2 Å². The predicted octanol–water partition coefficient (Wildman–Crippen LogP) is 1.19. The lowest BCUT2D eigenvalue weighted by molar-refractivity contribution is -0.137. The molecule has 4 N–H and O–H groups in total. The fourth-order valence-electron chi connectivity index (χ4n) is 2.10. The Morgan fingerprint density at radius 3 is 2.80 bits per heavy atom. The quantitative estimate of drug-likeness (QED) is 0.721. The van der Waals surface area contributed by atoms with Crippen LogP contribution < -0.4 is 16.4 Å². The van der Waals surface area contributed by atoms with Gasteiger partial charge in [-0.1, -0.05) is 0 Å². The van der Waals surface area contributed by atoms with Crippen molar-refractivity contribution in [3.63, 3.8) is 0 Å². The SMILES string of the molecule is CNc1ccc(C(=O)NCC2COC(C)(C)O2)cc1N. The molecule has 1 unspecified atom stereocenters. The Hall–Kier alpha value is -1.79. The second-order valence-corrected chi connectivity index (χ2v) is 5.21. The lowest BCUT2D eigenvalue weighted by atomic mass is 10.1. The average molecular weight is 279 g/mol. The first-order chi connectivity index (χ1) is 9.41. The first-order valence-electron chi connectivity index (χ1n) is 6.58. The van der Waals surface area contributed by atoms with Gasteiger partial charge in [0.15, 0.2) is 5.79 Å². The second kappa shape index (κ2) is 5.68. The van der Waals surface area contributed by atoms with Gasteiger partial charge in [0.1, 0.15) is 6.10 Å². The summed E-state index contributed by atoms with van der Waals surface area (Å²) < 4.78 is 11.1. The minimum Gasteiger partial charge on any atom is -0.397 e. The van der Waals surface area contributed by atoms with E-state index in [9.17, 15) is 4.79 Å². The van der Waals surface area contributed by atoms with E-state index in [4.69, 9.17) is 15.2 Å². The minimum absolute atomic E-state index is 0.122. The summed E-state index contributed by atoms with van der Waals surface area (Å²) in [5.41, 5.74) is 7.71. The van der Waals surface area contributed by atoms with Crippen LogP contribution in [-0.2, 0) is 9.47 Å². The van der Waals surface area contributed by atoms with Gasteiger partial charge in [-0.15, -0.1) is 0 Å². The van der Waals surface area contributed by atoms with Gasteiger partial charge in [-0.2, -0.15) is 0 Å². The number of nitrogens with one attached hydrogen (secondary N) is 2. The van der Waals surface area contributed by atoms with Gasteiger partial charge in [-0.3, -0.25) is 4.79 Å². The monoisotopic (exact) mass is 279 g/mol. The number of nitrogen functional groups attached to an aromatic ring is 1. The van der Waals surface area contributed by atoms with Crippen molar-refractivity contribution in [2.45, 2.75) is 25.7 Å². The second-order valence-electron chi connectivity index (χ2n) is 5.21. The molecular weight excluding hydrogens is 258 g/mol. The number of ether oxygens (including phenoxy) is 2. The molecule has 0 aromatic heterocycles. The molecule has 1 fully saturated rings. The number of hydrogen-bond donors (Lipinski definition) is 3. The molecule has 6 heteroatoms. The molecule has 1 aromatic rings. The number of nitrogens with two attached hydrogens (primary N) is 1. The Morgan fingerprint density at radius 2 is 2.25 bits per heavy atom. The standard InChI is InChI=1S/C14H21N3O3/c1-14(2)19-8-10(20-14)7-17-13(18)9-4-5-12(16-3)11(15)6-9/h4-6,10,16H,7-8,15H2,1-3H3,(H,17,18). The van der Waals surface area contributed by atoms with E-state index in [0.717, 1.165) is 5.69 Å². The predicted molar refractivity (Wildman–Crippen MR) is 77.6 cm³/mol. The molecule has 1 aromatic carbocycles. The Bertz CT molecular complexity index is 502. The number of carbonyl (C=O) groups is 1.